The summed E-state index contributed by atoms with van der Waals surface area (Å²) in [6.07, 6.45) is 9.11. The zero-order chi connectivity index (χ0) is 13.3. The first-order chi connectivity index (χ1) is 8.52. The van der Waals surface area contributed by atoms with Gasteiger partial charge >= 0.3 is 0 Å². The Morgan fingerprint density at radius 1 is 1.67 bits per heavy atom. The van der Waals surface area contributed by atoms with E-state index in [1.807, 2.05) is 0 Å². The number of hydrogen-bond donors (Lipinski definition) is 1. The molecule has 1 fully saturated rings. The number of allylic oxidation sites excluding steroid dienone is 3. The van der Waals surface area contributed by atoms with Crippen LogP contribution in [0.5, 0.6) is 0 Å². The summed E-state index contributed by atoms with van der Waals surface area (Å²) < 4.78 is 5.73. The van der Waals surface area contributed by atoms with Gasteiger partial charge in [0, 0.05) is 11.5 Å². The molecule has 1 radical (unpaired) electrons. The maximum atomic E-state index is 11.8. The Morgan fingerprint density at radius 2 is 2.39 bits per heavy atom. The Morgan fingerprint density at radius 3 is 3.00 bits per heavy atom. The summed E-state index contributed by atoms with van der Waals surface area (Å²) in [6, 6.07) is 0. The van der Waals surface area contributed by atoms with Crippen molar-refractivity contribution in [3.63, 3.8) is 0 Å². The number of aliphatic hydroxyl groups is 1. The maximum absolute atomic E-state index is 11.8. The van der Waals surface area contributed by atoms with Gasteiger partial charge in [0.2, 0.25) is 0 Å². The molecular weight excluding hydrogens is 244 g/mol. The Hall–Kier alpha value is -1.16. The van der Waals surface area contributed by atoms with Crippen LogP contribution in [0.15, 0.2) is 23.5 Å². The first-order valence-corrected chi connectivity index (χ1v) is 7.41. The van der Waals surface area contributed by atoms with Crippen LogP contribution in [0.1, 0.15) is 33.1 Å². The second-order valence-corrected chi connectivity index (χ2v) is 5.93. The summed E-state index contributed by atoms with van der Waals surface area (Å²) in [5, 5.41) is 9.17. The summed E-state index contributed by atoms with van der Waals surface area (Å²) in [5.41, 5.74) is 1.63. The van der Waals surface area contributed by atoms with Crippen molar-refractivity contribution in [2.45, 2.75) is 39.2 Å². The van der Waals surface area contributed by atoms with E-state index in [2.05, 4.69) is 20.0 Å². The van der Waals surface area contributed by atoms with Gasteiger partial charge in [0.25, 0.3) is 9.38 Å². The smallest absolute Gasteiger partial charge is 0.273 e. The minimum atomic E-state index is -0.0783. The van der Waals surface area contributed by atoms with Gasteiger partial charge in [-0.15, -0.1) is 0 Å². The standard InChI is InChI=1S/C14H19O3Si/c1-9-13(17-18-3)5-4-11-6-12(16)10(8-15)7-14(9,11)2/h6,8-9,13,15H,3-5,7H2,1-2H3/b10-8-. The molecule has 0 bridgehead atoms. The van der Waals surface area contributed by atoms with E-state index in [1.165, 1.54) is 5.57 Å². The largest absolute Gasteiger partial charge is 0.545 e. The fourth-order valence-electron chi connectivity index (χ4n) is 3.16. The van der Waals surface area contributed by atoms with E-state index in [4.69, 9.17) is 9.53 Å². The van der Waals surface area contributed by atoms with Crippen LogP contribution >= 0.6 is 0 Å². The van der Waals surface area contributed by atoms with Gasteiger partial charge in [-0.1, -0.05) is 25.6 Å². The van der Waals surface area contributed by atoms with Crippen LogP contribution in [-0.2, 0) is 9.22 Å². The number of carbonyl (C=O) groups is 1. The quantitative estimate of drug-likeness (QED) is 0.472. The molecule has 0 aromatic carbocycles. The van der Waals surface area contributed by atoms with Crippen LogP contribution in [0.3, 0.4) is 0 Å². The number of carbonyl (C=O) groups excluding carboxylic acids is 1. The molecule has 18 heavy (non-hydrogen) atoms. The van der Waals surface area contributed by atoms with E-state index >= 15 is 0 Å². The monoisotopic (exact) mass is 263 g/mol. The van der Waals surface area contributed by atoms with Crippen molar-refractivity contribution in [1.82, 2.24) is 0 Å². The summed E-state index contributed by atoms with van der Waals surface area (Å²) in [6.45, 7) is 4.34. The van der Waals surface area contributed by atoms with Gasteiger partial charge in [-0.25, -0.2) is 0 Å². The fourth-order valence-corrected chi connectivity index (χ4v) is 3.69. The molecule has 97 valence electrons. The highest BCUT2D eigenvalue weighted by molar-refractivity contribution is 6.33. The zero-order valence-corrected chi connectivity index (χ0v) is 11.9. The summed E-state index contributed by atoms with van der Waals surface area (Å²) in [7, 11) is 0.252. The van der Waals surface area contributed by atoms with Crippen LogP contribution in [0, 0.1) is 11.3 Å². The van der Waals surface area contributed by atoms with Crippen molar-refractivity contribution in [2.75, 3.05) is 0 Å². The minimum Gasteiger partial charge on any atom is -0.545 e. The SMILES string of the molecule is C=[Si]OC1CCC2=CC(=O)/C(=C\O)CC2(C)C1C. The molecule has 4 heteroatoms. The number of fused-ring (bicyclic) bond motifs is 1. The normalized spacial score (nSPS) is 38.0. The Bertz CT molecular complexity index is 438. The van der Waals surface area contributed by atoms with Gasteiger partial charge in [-0.05, 0) is 30.8 Å². The van der Waals surface area contributed by atoms with Crippen molar-refractivity contribution >= 4 is 21.3 Å². The van der Waals surface area contributed by atoms with Crippen LogP contribution in [0.2, 0.25) is 0 Å². The summed E-state index contributed by atoms with van der Waals surface area (Å²) in [5.74, 6) is 0.283. The molecule has 0 aliphatic heterocycles. The minimum absolute atomic E-state index is 0.0458. The van der Waals surface area contributed by atoms with E-state index in [0.717, 1.165) is 19.1 Å². The van der Waals surface area contributed by atoms with Gasteiger partial charge in [-0.2, -0.15) is 0 Å². The van der Waals surface area contributed by atoms with Gasteiger partial charge in [0.15, 0.2) is 5.78 Å². The van der Waals surface area contributed by atoms with Gasteiger partial charge in [0.05, 0.1) is 12.4 Å². The lowest BCUT2D eigenvalue weighted by Gasteiger charge is -2.48. The molecule has 3 nitrogen and oxygen atoms in total. The Balaban J connectivity index is 2.35. The van der Waals surface area contributed by atoms with Gasteiger partial charge in [-0.3, -0.25) is 4.79 Å². The molecule has 0 aromatic rings. The third-order valence-corrected chi connectivity index (χ3v) is 5.03. The highest BCUT2D eigenvalue weighted by atomic mass is 28.2. The molecule has 0 heterocycles. The van der Waals surface area contributed by atoms with Crippen LogP contribution in [0.25, 0.3) is 0 Å². The highest BCUT2D eigenvalue weighted by Gasteiger charge is 2.46. The second-order valence-electron chi connectivity index (χ2n) is 5.41. The molecule has 3 unspecified atom stereocenters. The molecule has 2 aliphatic rings. The van der Waals surface area contributed by atoms with E-state index in [9.17, 15) is 4.79 Å². The number of ketones is 1. The van der Waals surface area contributed by atoms with Crippen molar-refractivity contribution in [3.8, 4) is 0 Å². The molecule has 0 spiro atoms. The molecule has 0 saturated heterocycles. The molecule has 1 N–H and O–H groups in total. The van der Waals surface area contributed by atoms with E-state index < -0.39 is 0 Å². The molecular formula is C14H19O3Si. The Labute approximate surface area is 110 Å². The lowest BCUT2D eigenvalue weighted by atomic mass is 9.59. The lowest BCUT2D eigenvalue weighted by Crippen LogP contribution is -2.44. The topological polar surface area (TPSA) is 46.5 Å². The molecule has 2 rings (SSSR count). The maximum Gasteiger partial charge on any atom is 0.273 e. The van der Waals surface area contributed by atoms with Crippen molar-refractivity contribution in [1.29, 1.82) is 0 Å². The van der Waals surface area contributed by atoms with Crippen LogP contribution < -0.4 is 0 Å². The first-order valence-electron chi connectivity index (χ1n) is 6.29. The third kappa shape index (κ3) is 1.98. The van der Waals surface area contributed by atoms with E-state index in [-0.39, 0.29) is 26.7 Å². The molecule has 1 saturated carbocycles. The summed E-state index contributed by atoms with van der Waals surface area (Å²) in [4.78, 5) is 11.8. The van der Waals surface area contributed by atoms with Crippen molar-refractivity contribution in [2.24, 2.45) is 11.3 Å². The number of hydrogen-bond acceptors (Lipinski definition) is 3. The average Bonchev–Trinajstić information content (AvgIpc) is 2.35. The molecule has 2 aliphatic carbocycles. The van der Waals surface area contributed by atoms with Crippen molar-refractivity contribution < 1.29 is 14.3 Å². The van der Waals surface area contributed by atoms with Crippen molar-refractivity contribution in [3.05, 3.63) is 23.5 Å². The average molecular weight is 263 g/mol. The summed E-state index contributed by atoms with van der Waals surface area (Å²) >= 11 is 0. The zero-order valence-electron chi connectivity index (χ0n) is 10.9. The predicted molar refractivity (Wildman–Crippen MR) is 72.7 cm³/mol. The van der Waals surface area contributed by atoms with E-state index in [1.54, 1.807) is 6.08 Å². The number of aliphatic hydroxyl groups excluding tert-OH is 1. The van der Waals surface area contributed by atoms with Gasteiger partial charge in [0.1, 0.15) is 0 Å². The lowest BCUT2D eigenvalue weighted by molar-refractivity contribution is -0.112. The number of rotatable bonds is 2. The fraction of sp³-hybridized carbons (Fsp3) is 0.571. The molecule has 0 amide bonds. The molecule has 0 aromatic heterocycles. The second kappa shape index (κ2) is 4.84. The third-order valence-electron chi connectivity index (χ3n) is 4.56. The first kappa shape index (κ1) is 13.3. The van der Waals surface area contributed by atoms with E-state index in [0.29, 0.717) is 17.9 Å². The predicted octanol–water partition coefficient (Wildman–Crippen LogP) is 2.20. The molecule has 3 atom stereocenters. The van der Waals surface area contributed by atoms with Crippen LogP contribution in [-0.4, -0.2) is 32.5 Å². The highest BCUT2D eigenvalue weighted by Crippen LogP contribution is 2.51. The van der Waals surface area contributed by atoms with Gasteiger partial charge < -0.3 is 9.53 Å². The van der Waals surface area contributed by atoms with Crippen LogP contribution in [0.4, 0.5) is 0 Å². The Kier molecular flexibility index (Phi) is 3.57.